The van der Waals surface area contributed by atoms with E-state index < -0.39 is 5.82 Å². The van der Waals surface area contributed by atoms with E-state index in [9.17, 15) is 14.0 Å². The molecule has 0 spiro atoms. The molecule has 1 saturated carbocycles. The van der Waals surface area contributed by atoms with Crippen molar-refractivity contribution in [3.8, 4) is 11.1 Å². The summed E-state index contributed by atoms with van der Waals surface area (Å²) in [5.74, 6) is -0.257. The largest absolute Gasteiger partial charge is 0.368 e. The molecule has 1 aliphatic heterocycles. The first-order chi connectivity index (χ1) is 22.1. The number of benzene rings is 2. The molecule has 0 bridgehead atoms. The van der Waals surface area contributed by atoms with Gasteiger partial charge < -0.3 is 20.9 Å². The number of aromatic nitrogens is 3. The summed E-state index contributed by atoms with van der Waals surface area (Å²) in [5, 5.41) is 11.0. The van der Waals surface area contributed by atoms with Crippen molar-refractivity contribution in [1.82, 2.24) is 25.2 Å². The molecule has 0 radical (unpaired) electrons. The Kier molecular flexibility index (Phi) is 9.49. The summed E-state index contributed by atoms with van der Waals surface area (Å²) in [6, 6.07) is 10.5. The number of nitrogens with zero attached hydrogens (tertiary/aromatic N) is 4. The summed E-state index contributed by atoms with van der Waals surface area (Å²) < 4.78 is 16.3. The van der Waals surface area contributed by atoms with Gasteiger partial charge in [-0.1, -0.05) is 42.3 Å². The van der Waals surface area contributed by atoms with Crippen LogP contribution in [-0.2, 0) is 4.79 Å². The number of halogens is 3. The van der Waals surface area contributed by atoms with E-state index in [0.717, 1.165) is 43.9 Å². The van der Waals surface area contributed by atoms with Gasteiger partial charge in [-0.3, -0.25) is 14.2 Å². The smallest absolute Gasteiger partial charge is 0.260 e. The lowest BCUT2D eigenvalue weighted by Gasteiger charge is -2.34. The number of rotatable bonds is 7. The zero-order chi connectivity index (χ0) is 32.5. The lowest BCUT2D eigenvalue weighted by Crippen LogP contribution is -2.49. The van der Waals surface area contributed by atoms with Gasteiger partial charge in [0.25, 0.3) is 5.56 Å². The number of hydrogen-bond acceptors (Lipinski definition) is 7. The Morgan fingerprint density at radius 3 is 2.65 bits per heavy atom. The maximum atomic E-state index is 14.6. The van der Waals surface area contributed by atoms with Crippen molar-refractivity contribution in [2.45, 2.75) is 71.0 Å². The third-order valence-corrected chi connectivity index (χ3v) is 9.78. The minimum Gasteiger partial charge on any atom is -0.368 e. The summed E-state index contributed by atoms with van der Waals surface area (Å²) >= 11 is 13.2. The first-order valence-electron chi connectivity index (χ1n) is 15.8. The molecule has 6 rings (SSSR count). The van der Waals surface area contributed by atoms with E-state index >= 15 is 0 Å². The molecule has 12 heteroatoms. The van der Waals surface area contributed by atoms with Gasteiger partial charge in [-0.25, -0.2) is 9.37 Å². The predicted octanol–water partition coefficient (Wildman–Crippen LogP) is 6.76. The second-order valence-corrected chi connectivity index (χ2v) is 13.0. The summed E-state index contributed by atoms with van der Waals surface area (Å²) in [6.07, 6.45) is 4.89. The van der Waals surface area contributed by atoms with E-state index in [1.165, 1.54) is 6.07 Å². The number of hydrogen-bond donors (Lipinski definition) is 3. The average Bonchev–Trinajstić information content (AvgIpc) is 3.04. The summed E-state index contributed by atoms with van der Waals surface area (Å²) in [6.45, 7) is 8.43. The molecule has 1 unspecified atom stereocenters. The van der Waals surface area contributed by atoms with Gasteiger partial charge >= 0.3 is 0 Å². The minimum absolute atomic E-state index is 0.0172. The number of piperazine rings is 1. The van der Waals surface area contributed by atoms with Gasteiger partial charge in [0.05, 0.1) is 21.3 Å². The number of amides is 1. The van der Waals surface area contributed by atoms with Crippen LogP contribution in [0.25, 0.3) is 22.2 Å². The molecular weight excluding hydrogens is 628 g/mol. The Morgan fingerprint density at radius 1 is 1.15 bits per heavy atom. The summed E-state index contributed by atoms with van der Waals surface area (Å²) in [5.41, 5.74) is 3.16. The minimum atomic E-state index is -0.594. The van der Waals surface area contributed by atoms with Gasteiger partial charge in [0, 0.05) is 67.0 Å². The van der Waals surface area contributed by atoms with Crippen LogP contribution in [0.15, 0.2) is 47.4 Å². The fourth-order valence-corrected chi connectivity index (χ4v) is 7.20. The van der Waals surface area contributed by atoms with Gasteiger partial charge in [-0.2, -0.15) is 4.98 Å². The number of aryl methyl sites for hydroxylation is 1. The molecule has 2 aromatic heterocycles. The van der Waals surface area contributed by atoms with Crippen molar-refractivity contribution in [1.29, 1.82) is 0 Å². The van der Waals surface area contributed by atoms with Crippen LogP contribution in [-0.4, -0.2) is 52.2 Å². The van der Waals surface area contributed by atoms with E-state index in [1.807, 2.05) is 32.0 Å². The fraction of sp³-hybridized carbons (Fsp3) is 0.412. The zero-order valence-electron chi connectivity index (χ0n) is 26.2. The molecule has 1 aliphatic carbocycles. The van der Waals surface area contributed by atoms with Crippen LogP contribution in [0.4, 0.5) is 21.7 Å². The van der Waals surface area contributed by atoms with E-state index in [0.29, 0.717) is 64.0 Å². The third-order valence-electron chi connectivity index (χ3n) is 9.09. The van der Waals surface area contributed by atoms with E-state index in [4.69, 9.17) is 28.2 Å². The number of fused-ring (bicyclic) bond motifs is 1. The lowest BCUT2D eigenvalue weighted by molar-refractivity contribution is -0.121. The van der Waals surface area contributed by atoms with E-state index in [-0.39, 0.29) is 28.6 Å². The average molecular weight is 667 g/mol. The number of carbonyl (C=O) groups excluding carboxylic acids is 1. The van der Waals surface area contributed by atoms with Gasteiger partial charge in [0.15, 0.2) is 0 Å². The lowest BCUT2D eigenvalue weighted by atomic mass is 9.90. The zero-order valence-corrected chi connectivity index (χ0v) is 27.7. The van der Waals surface area contributed by atoms with Crippen molar-refractivity contribution in [3.63, 3.8) is 0 Å². The molecule has 2 aromatic carbocycles. The van der Waals surface area contributed by atoms with Gasteiger partial charge in [-0.05, 0) is 69.4 Å². The summed E-state index contributed by atoms with van der Waals surface area (Å²) in [4.78, 5) is 38.2. The monoisotopic (exact) mass is 665 g/mol. The Hall–Kier alpha value is -3.73. The number of carbonyl (C=O) groups is 1. The molecule has 1 amide bonds. The molecule has 1 saturated heterocycles. The van der Waals surface area contributed by atoms with Gasteiger partial charge in [0.1, 0.15) is 11.5 Å². The third kappa shape index (κ3) is 6.43. The Bertz CT molecular complexity index is 1840. The van der Waals surface area contributed by atoms with Crippen molar-refractivity contribution >= 4 is 57.5 Å². The molecule has 9 nitrogen and oxygen atoms in total. The van der Waals surface area contributed by atoms with Crippen LogP contribution in [0, 0.1) is 12.7 Å². The quantitative estimate of drug-likeness (QED) is 0.200. The highest BCUT2D eigenvalue weighted by molar-refractivity contribution is 6.34. The van der Waals surface area contributed by atoms with Crippen molar-refractivity contribution in [2.24, 2.45) is 0 Å². The highest BCUT2D eigenvalue weighted by Gasteiger charge is 2.29. The Morgan fingerprint density at radius 2 is 1.93 bits per heavy atom. The second-order valence-electron chi connectivity index (χ2n) is 12.2. The van der Waals surface area contributed by atoms with Crippen molar-refractivity contribution < 1.29 is 9.18 Å². The second kappa shape index (κ2) is 13.6. The molecule has 3 heterocycles. The fourth-order valence-electron chi connectivity index (χ4n) is 6.68. The highest BCUT2D eigenvalue weighted by Crippen LogP contribution is 2.36. The molecule has 242 valence electrons. The van der Waals surface area contributed by atoms with Crippen LogP contribution in [0.1, 0.15) is 57.6 Å². The standard InChI is InChI=1S/C34H38Cl2FN7O2/c1-4-29(45)40-21-8-11-23(12-9-21)44-32-25(20(3)30(33(44)46)24-6-5-7-27(37)31(24)36)17-39-34(42-32)41-22-10-13-28(26(35)16-22)43-15-14-38-19(2)18-43/h5-7,10,13,16-17,19,21,23,38H,4,8-9,11-12,14-15,18H2,1-3H3,(H,40,45)(H,39,41,42). The normalized spacial score (nSPS) is 20.1. The van der Waals surface area contributed by atoms with Crippen LogP contribution in [0.2, 0.25) is 10.0 Å². The first kappa shape index (κ1) is 32.2. The molecule has 4 aromatic rings. The maximum absolute atomic E-state index is 14.6. The van der Waals surface area contributed by atoms with Crippen LogP contribution < -0.4 is 26.4 Å². The maximum Gasteiger partial charge on any atom is 0.260 e. The van der Waals surface area contributed by atoms with Gasteiger partial charge in [0.2, 0.25) is 11.9 Å². The Labute approximate surface area is 277 Å². The van der Waals surface area contributed by atoms with Crippen molar-refractivity contribution in [2.75, 3.05) is 29.9 Å². The Balaban J connectivity index is 1.39. The molecule has 2 aliphatic rings. The molecule has 3 N–H and O–H groups in total. The van der Waals surface area contributed by atoms with E-state index in [2.05, 4.69) is 32.8 Å². The molecule has 46 heavy (non-hydrogen) atoms. The first-order valence-corrected chi connectivity index (χ1v) is 16.6. The molecule has 1 atom stereocenters. The van der Waals surface area contributed by atoms with Crippen LogP contribution in [0.5, 0.6) is 0 Å². The van der Waals surface area contributed by atoms with Crippen LogP contribution in [0.3, 0.4) is 0 Å². The van der Waals surface area contributed by atoms with Gasteiger partial charge in [-0.15, -0.1) is 0 Å². The predicted molar refractivity (Wildman–Crippen MR) is 183 cm³/mol. The number of pyridine rings is 1. The highest BCUT2D eigenvalue weighted by atomic mass is 35.5. The molecule has 2 fully saturated rings. The van der Waals surface area contributed by atoms with Crippen molar-refractivity contribution in [3.05, 3.63) is 74.4 Å². The van der Waals surface area contributed by atoms with E-state index in [1.54, 1.807) is 22.9 Å². The number of anilines is 3. The summed E-state index contributed by atoms with van der Waals surface area (Å²) in [7, 11) is 0. The number of nitrogens with one attached hydrogen (secondary N) is 3. The SMILES string of the molecule is CCC(=O)NC1CCC(n2c(=O)c(-c3cccc(F)c3Cl)c(C)c3cnc(Nc4ccc(N5CCNC(C)C5)c(Cl)c4)nc32)CC1. The topological polar surface area (TPSA) is 104 Å². The van der Waals surface area contributed by atoms with Crippen LogP contribution >= 0.6 is 23.2 Å². The molecular formula is C34H38Cl2FN7O2.